The SMILES string of the molecule is Cc1cncc(C(=O)c2cc(Br)ccc2Cl)c1. The van der Waals surface area contributed by atoms with Crippen molar-refractivity contribution in [1.29, 1.82) is 0 Å². The Morgan fingerprint density at radius 3 is 2.76 bits per heavy atom. The van der Waals surface area contributed by atoms with E-state index in [0.29, 0.717) is 16.1 Å². The molecule has 0 aliphatic carbocycles. The van der Waals surface area contributed by atoms with Gasteiger partial charge in [0.25, 0.3) is 0 Å². The Morgan fingerprint density at radius 2 is 2.06 bits per heavy atom. The van der Waals surface area contributed by atoms with Crippen molar-refractivity contribution in [2.75, 3.05) is 0 Å². The number of hydrogen-bond donors (Lipinski definition) is 0. The van der Waals surface area contributed by atoms with Crippen LogP contribution in [0.3, 0.4) is 0 Å². The molecule has 0 aliphatic heterocycles. The van der Waals surface area contributed by atoms with Gasteiger partial charge in [-0.1, -0.05) is 27.5 Å². The molecule has 0 amide bonds. The lowest BCUT2D eigenvalue weighted by atomic mass is 10.0. The third-order valence-electron chi connectivity index (χ3n) is 2.31. The fourth-order valence-corrected chi connectivity index (χ4v) is 2.07. The summed E-state index contributed by atoms with van der Waals surface area (Å²) in [6, 6.07) is 7.01. The monoisotopic (exact) mass is 309 g/mol. The van der Waals surface area contributed by atoms with Crippen LogP contribution in [0.4, 0.5) is 0 Å². The average Bonchev–Trinajstić information content (AvgIpc) is 2.31. The first-order chi connectivity index (χ1) is 8.08. The zero-order chi connectivity index (χ0) is 12.4. The fourth-order valence-electron chi connectivity index (χ4n) is 1.51. The molecule has 0 aliphatic rings. The van der Waals surface area contributed by atoms with E-state index in [9.17, 15) is 4.79 Å². The van der Waals surface area contributed by atoms with Crippen LogP contribution in [0, 0.1) is 6.92 Å². The summed E-state index contributed by atoms with van der Waals surface area (Å²) in [6.45, 7) is 1.90. The maximum Gasteiger partial charge on any atom is 0.196 e. The van der Waals surface area contributed by atoms with Crippen LogP contribution < -0.4 is 0 Å². The number of aromatic nitrogens is 1. The van der Waals surface area contributed by atoms with Gasteiger partial charge in [0.15, 0.2) is 5.78 Å². The second kappa shape index (κ2) is 4.98. The molecule has 1 aromatic heterocycles. The van der Waals surface area contributed by atoms with E-state index >= 15 is 0 Å². The van der Waals surface area contributed by atoms with Gasteiger partial charge in [0.05, 0.1) is 5.02 Å². The number of hydrogen-bond acceptors (Lipinski definition) is 2. The largest absolute Gasteiger partial charge is 0.288 e. The Kier molecular flexibility index (Phi) is 3.60. The Balaban J connectivity index is 2.47. The molecular formula is C13H9BrClNO. The van der Waals surface area contributed by atoms with Crippen molar-refractivity contribution in [2.45, 2.75) is 6.92 Å². The van der Waals surface area contributed by atoms with Gasteiger partial charge in [0.2, 0.25) is 0 Å². The summed E-state index contributed by atoms with van der Waals surface area (Å²) in [6.07, 6.45) is 3.26. The Labute approximate surface area is 113 Å². The highest BCUT2D eigenvalue weighted by molar-refractivity contribution is 9.10. The Hall–Kier alpha value is -1.19. The molecule has 2 rings (SSSR count). The third kappa shape index (κ3) is 2.73. The molecule has 0 fully saturated rings. The van der Waals surface area contributed by atoms with Crippen molar-refractivity contribution in [1.82, 2.24) is 4.98 Å². The first kappa shape index (κ1) is 12.3. The molecule has 4 heteroatoms. The van der Waals surface area contributed by atoms with Crippen molar-refractivity contribution in [2.24, 2.45) is 0 Å². The lowest BCUT2D eigenvalue weighted by molar-refractivity contribution is 0.103. The van der Waals surface area contributed by atoms with Gasteiger partial charge in [-0.2, -0.15) is 0 Å². The van der Waals surface area contributed by atoms with E-state index in [-0.39, 0.29) is 5.78 Å². The van der Waals surface area contributed by atoms with Crippen LogP contribution in [0.1, 0.15) is 21.5 Å². The molecule has 0 saturated heterocycles. The lowest BCUT2D eigenvalue weighted by Gasteiger charge is -2.04. The molecule has 0 radical (unpaired) electrons. The van der Waals surface area contributed by atoms with E-state index in [1.54, 1.807) is 36.7 Å². The normalized spacial score (nSPS) is 10.3. The predicted octanol–water partition coefficient (Wildman–Crippen LogP) is 4.04. The topological polar surface area (TPSA) is 30.0 Å². The highest BCUT2D eigenvalue weighted by atomic mass is 79.9. The number of benzene rings is 1. The predicted molar refractivity (Wildman–Crippen MR) is 71.6 cm³/mol. The third-order valence-corrected chi connectivity index (χ3v) is 3.13. The van der Waals surface area contributed by atoms with Crippen molar-refractivity contribution >= 4 is 33.3 Å². The molecule has 1 heterocycles. The highest BCUT2D eigenvalue weighted by Crippen LogP contribution is 2.23. The molecule has 2 nitrogen and oxygen atoms in total. The standard InChI is InChI=1S/C13H9BrClNO/c1-8-4-9(7-16-6-8)13(17)11-5-10(14)2-3-12(11)15/h2-7H,1H3. The summed E-state index contributed by atoms with van der Waals surface area (Å²) in [4.78, 5) is 16.2. The fraction of sp³-hybridized carbons (Fsp3) is 0.0769. The van der Waals surface area contributed by atoms with Crippen LogP contribution >= 0.6 is 27.5 Å². The van der Waals surface area contributed by atoms with Crippen LogP contribution in [0.15, 0.2) is 41.1 Å². The van der Waals surface area contributed by atoms with Crippen LogP contribution in [0.5, 0.6) is 0 Å². The van der Waals surface area contributed by atoms with E-state index in [1.165, 1.54) is 0 Å². The highest BCUT2D eigenvalue weighted by Gasteiger charge is 2.13. The molecular weight excluding hydrogens is 302 g/mol. The summed E-state index contributed by atoms with van der Waals surface area (Å²) >= 11 is 9.34. The second-order valence-electron chi connectivity index (χ2n) is 3.70. The number of carbonyl (C=O) groups excluding carboxylic acids is 1. The minimum atomic E-state index is -0.118. The van der Waals surface area contributed by atoms with Gasteiger partial charge in [-0.05, 0) is 36.8 Å². The van der Waals surface area contributed by atoms with Crippen molar-refractivity contribution in [3.8, 4) is 0 Å². The molecule has 0 unspecified atom stereocenters. The number of halogens is 2. The molecule has 0 atom stereocenters. The molecule has 17 heavy (non-hydrogen) atoms. The van der Waals surface area contributed by atoms with Gasteiger partial charge in [0, 0.05) is 28.0 Å². The number of pyridine rings is 1. The van der Waals surface area contributed by atoms with E-state index in [1.807, 2.05) is 6.92 Å². The van der Waals surface area contributed by atoms with E-state index < -0.39 is 0 Å². The minimum absolute atomic E-state index is 0.118. The van der Waals surface area contributed by atoms with Crippen molar-refractivity contribution in [3.05, 3.63) is 62.8 Å². The van der Waals surface area contributed by atoms with Crippen LogP contribution in [0.2, 0.25) is 5.02 Å². The molecule has 0 N–H and O–H groups in total. The van der Waals surface area contributed by atoms with Crippen LogP contribution in [0.25, 0.3) is 0 Å². The molecule has 0 spiro atoms. The molecule has 0 bridgehead atoms. The van der Waals surface area contributed by atoms with Crippen LogP contribution in [-0.2, 0) is 0 Å². The molecule has 86 valence electrons. The van der Waals surface area contributed by atoms with E-state index in [0.717, 1.165) is 10.0 Å². The molecule has 1 aromatic carbocycles. The summed E-state index contributed by atoms with van der Waals surface area (Å²) in [7, 11) is 0. The zero-order valence-corrected chi connectivity index (χ0v) is 11.4. The van der Waals surface area contributed by atoms with Gasteiger partial charge in [-0.3, -0.25) is 9.78 Å². The number of carbonyl (C=O) groups is 1. The summed E-state index contributed by atoms with van der Waals surface area (Å²) in [5.74, 6) is -0.118. The maximum absolute atomic E-state index is 12.2. The number of aryl methyl sites for hydroxylation is 1. The summed E-state index contributed by atoms with van der Waals surface area (Å²) in [5, 5.41) is 0.444. The Morgan fingerprint density at radius 1 is 1.29 bits per heavy atom. The van der Waals surface area contributed by atoms with Gasteiger partial charge in [0.1, 0.15) is 0 Å². The first-order valence-corrected chi connectivity index (χ1v) is 6.16. The lowest BCUT2D eigenvalue weighted by Crippen LogP contribution is -2.03. The summed E-state index contributed by atoms with van der Waals surface area (Å²) in [5.41, 5.74) is 1.97. The zero-order valence-electron chi connectivity index (χ0n) is 9.08. The van der Waals surface area contributed by atoms with E-state index in [4.69, 9.17) is 11.6 Å². The number of nitrogens with zero attached hydrogens (tertiary/aromatic N) is 1. The van der Waals surface area contributed by atoms with Gasteiger partial charge in [-0.25, -0.2) is 0 Å². The first-order valence-electron chi connectivity index (χ1n) is 4.99. The van der Waals surface area contributed by atoms with Crippen molar-refractivity contribution < 1.29 is 4.79 Å². The van der Waals surface area contributed by atoms with E-state index in [2.05, 4.69) is 20.9 Å². The van der Waals surface area contributed by atoms with Gasteiger partial charge in [-0.15, -0.1) is 0 Å². The van der Waals surface area contributed by atoms with Crippen molar-refractivity contribution in [3.63, 3.8) is 0 Å². The Bertz CT molecular complexity index is 583. The summed E-state index contributed by atoms with van der Waals surface area (Å²) < 4.78 is 0.825. The van der Waals surface area contributed by atoms with Crippen LogP contribution in [-0.4, -0.2) is 10.8 Å². The second-order valence-corrected chi connectivity index (χ2v) is 5.03. The molecule has 0 saturated carbocycles. The number of ketones is 1. The molecule has 2 aromatic rings. The van der Waals surface area contributed by atoms with Gasteiger partial charge < -0.3 is 0 Å². The smallest absolute Gasteiger partial charge is 0.196 e. The van der Waals surface area contributed by atoms with Gasteiger partial charge >= 0.3 is 0 Å². The minimum Gasteiger partial charge on any atom is -0.288 e. The quantitative estimate of drug-likeness (QED) is 0.784. The maximum atomic E-state index is 12.2. The average molecular weight is 311 g/mol. The number of rotatable bonds is 2.